The van der Waals surface area contributed by atoms with E-state index in [0.29, 0.717) is 44.3 Å². The molecule has 0 radical (unpaired) electrons. The highest BCUT2D eigenvalue weighted by molar-refractivity contribution is 6.30. The average Bonchev–Trinajstić information content (AvgIpc) is 3.14. The maximum Gasteiger partial charge on any atom is 0.244 e. The molecule has 5 nitrogen and oxygen atoms in total. The molecule has 158 valence electrons. The number of halogens is 2. The molecule has 0 saturated carbocycles. The van der Waals surface area contributed by atoms with Crippen LogP contribution in [0.5, 0.6) is 0 Å². The Morgan fingerprint density at radius 1 is 1.23 bits per heavy atom. The largest absolute Gasteiger partial charge is 0.350 e. The molecule has 2 aliphatic heterocycles. The number of benzene rings is 2. The molecule has 4 rings (SSSR count). The van der Waals surface area contributed by atoms with Crippen molar-refractivity contribution in [1.82, 2.24) is 10.2 Å². The molecule has 0 bridgehead atoms. The Bertz CT molecular complexity index is 919. The van der Waals surface area contributed by atoms with Crippen LogP contribution in [0.4, 0.5) is 4.39 Å². The Balaban J connectivity index is 1.48. The molecule has 1 saturated heterocycles. The van der Waals surface area contributed by atoms with E-state index in [1.807, 2.05) is 24.3 Å². The summed E-state index contributed by atoms with van der Waals surface area (Å²) in [6, 6.07) is 13.9. The molecule has 1 fully saturated rings. The number of carbonyl (C=O) groups excluding carboxylic acids is 1. The minimum atomic E-state index is -0.492. The number of rotatable bonds is 7. The van der Waals surface area contributed by atoms with Crippen molar-refractivity contribution in [2.75, 3.05) is 32.8 Å². The van der Waals surface area contributed by atoms with Crippen molar-refractivity contribution in [3.05, 3.63) is 82.1 Å². The number of morpholine rings is 1. The Morgan fingerprint density at radius 2 is 2.07 bits per heavy atom. The van der Waals surface area contributed by atoms with Gasteiger partial charge in [0, 0.05) is 30.7 Å². The quantitative estimate of drug-likeness (QED) is 0.730. The summed E-state index contributed by atoms with van der Waals surface area (Å²) in [5.41, 5.74) is 3.03. The molecule has 7 heteroatoms. The lowest BCUT2D eigenvalue weighted by molar-refractivity contribution is -0.209. The topological polar surface area (TPSA) is 50.8 Å². The molecule has 0 aliphatic carbocycles. The van der Waals surface area contributed by atoms with Crippen LogP contribution in [0.25, 0.3) is 0 Å². The smallest absolute Gasteiger partial charge is 0.244 e. The molecule has 2 aliphatic rings. The summed E-state index contributed by atoms with van der Waals surface area (Å²) >= 11 is 6.06. The van der Waals surface area contributed by atoms with E-state index in [1.54, 1.807) is 18.2 Å². The van der Waals surface area contributed by atoms with Crippen LogP contribution in [-0.2, 0) is 20.7 Å². The molecule has 2 aromatic carbocycles. The number of ether oxygens (including phenoxy) is 2. The zero-order valence-electron chi connectivity index (χ0n) is 16.5. The Labute approximate surface area is 180 Å². The summed E-state index contributed by atoms with van der Waals surface area (Å²) in [6.45, 7) is 2.86. The highest BCUT2D eigenvalue weighted by Crippen LogP contribution is 2.31. The van der Waals surface area contributed by atoms with Crippen LogP contribution < -0.4 is 5.32 Å². The van der Waals surface area contributed by atoms with Crippen LogP contribution in [0.15, 0.2) is 60.2 Å². The van der Waals surface area contributed by atoms with Crippen molar-refractivity contribution in [3.63, 3.8) is 0 Å². The van der Waals surface area contributed by atoms with Gasteiger partial charge in [-0.1, -0.05) is 35.9 Å². The molecule has 1 N–H and O–H groups in total. The van der Waals surface area contributed by atoms with Gasteiger partial charge < -0.3 is 14.8 Å². The fourth-order valence-corrected chi connectivity index (χ4v) is 4.08. The molecular weight excluding hydrogens is 407 g/mol. The standard InChI is InChI=1S/C23H24ClFN2O3/c24-19-3-1-2-16(12-19)8-10-29-23-22(18-4-6-20(25)7-5-18)27(9-11-30-23)15-17-13-21(28)26-14-17/h1-7,12-13,22-23H,8-11,14-15H2,(H,26,28)/t22-,23+/m0/s1. The van der Waals surface area contributed by atoms with Gasteiger partial charge in [0.15, 0.2) is 6.29 Å². The second-order valence-corrected chi connectivity index (χ2v) is 7.91. The van der Waals surface area contributed by atoms with Gasteiger partial charge in [-0.25, -0.2) is 4.39 Å². The highest BCUT2D eigenvalue weighted by atomic mass is 35.5. The van der Waals surface area contributed by atoms with Gasteiger partial charge in [0.05, 0.1) is 19.3 Å². The van der Waals surface area contributed by atoms with E-state index in [0.717, 1.165) is 16.7 Å². The van der Waals surface area contributed by atoms with Gasteiger partial charge in [-0.05, 0) is 47.4 Å². The summed E-state index contributed by atoms with van der Waals surface area (Å²) in [4.78, 5) is 13.8. The fraction of sp³-hybridized carbons (Fsp3) is 0.348. The van der Waals surface area contributed by atoms with Crippen LogP contribution in [-0.4, -0.2) is 49.9 Å². The summed E-state index contributed by atoms with van der Waals surface area (Å²) in [7, 11) is 0. The molecule has 30 heavy (non-hydrogen) atoms. The maximum atomic E-state index is 13.5. The first-order valence-corrected chi connectivity index (χ1v) is 10.4. The van der Waals surface area contributed by atoms with Gasteiger partial charge in [0.25, 0.3) is 0 Å². The maximum absolute atomic E-state index is 13.5. The van der Waals surface area contributed by atoms with Gasteiger partial charge in [-0.3, -0.25) is 9.69 Å². The molecule has 2 atom stereocenters. The van der Waals surface area contributed by atoms with Crippen molar-refractivity contribution >= 4 is 17.5 Å². The minimum Gasteiger partial charge on any atom is -0.350 e. The lowest BCUT2D eigenvalue weighted by Crippen LogP contribution is -2.47. The molecule has 0 spiro atoms. The van der Waals surface area contributed by atoms with Crippen LogP contribution in [0.2, 0.25) is 5.02 Å². The van der Waals surface area contributed by atoms with Crippen molar-refractivity contribution in [2.24, 2.45) is 0 Å². The van der Waals surface area contributed by atoms with Gasteiger partial charge in [0.2, 0.25) is 5.91 Å². The summed E-state index contributed by atoms with van der Waals surface area (Å²) in [5.74, 6) is -0.348. The SMILES string of the molecule is O=C1C=C(CN2CCO[C@@H](OCCc3cccc(Cl)c3)[C@@H]2c2ccc(F)cc2)CN1. The third-order valence-electron chi connectivity index (χ3n) is 5.32. The van der Waals surface area contributed by atoms with E-state index >= 15 is 0 Å². The van der Waals surface area contributed by atoms with E-state index in [2.05, 4.69) is 10.2 Å². The Hall–Kier alpha value is -2.25. The van der Waals surface area contributed by atoms with Crippen molar-refractivity contribution in [2.45, 2.75) is 18.8 Å². The predicted molar refractivity (Wildman–Crippen MR) is 113 cm³/mol. The molecular formula is C23H24ClFN2O3. The molecule has 2 aromatic rings. The first-order chi connectivity index (χ1) is 14.6. The first-order valence-electron chi connectivity index (χ1n) is 10.0. The molecule has 0 unspecified atom stereocenters. The van der Waals surface area contributed by atoms with Crippen LogP contribution in [0.1, 0.15) is 17.2 Å². The van der Waals surface area contributed by atoms with E-state index in [9.17, 15) is 9.18 Å². The Morgan fingerprint density at radius 3 is 2.80 bits per heavy atom. The zero-order valence-corrected chi connectivity index (χ0v) is 17.3. The third kappa shape index (κ3) is 5.26. The molecule has 2 heterocycles. The normalized spacial score (nSPS) is 22.1. The second-order valence-electron chi connectivity index (χ2n) is 7.48. The average molecular weight is 431 g/mol. The van der Waals surface area contributed by atoms with Crippen molar-refractivity contribution in [1.29, 1.82) is 0 Å². The number of hydrogen-bond acceptors (Lipinski definition) is 4. The molecule has 0 aromatic heterocycles. The van der Waals surface area contributed by atoms with E-state index in [1.165, 1.54) is 12.1 Å². The summed E-state index contributed by atoms with van der Waals surface area (Å²) in [5, 5.41) is 3.51. The summed E-state index contributed by atoms with van der Waals surface area (Å²) < 4.78 is 25.6. The van der Waals surface area contributed by atoms with Gasteiger partial charge >= 0.3 is 0 Å². The monoisotopic (exact) mass is 430 g/mol. The van der Waals surface area contributed by atoms with Crippen molar-refractivity contribution < 1.29 is 18.7 Å². The number of amides is 1. The number of nitrogens with zero attached hydrogens (tertiary/aromatic N) is 1. The Kier molecular flexibility index (Phi) is 6.79. The van der Waals surface area contributed by atoms with Crippen molar-refractivity contribution in [3.8, 4) is 0 Å². The first kappa shape index (κ1) is 21.0. The third-order valence-corrected chi connectivity index (χ3v) is 5.55. The zero-order chi connectivity index (χ0) is 20.9. The van der Waals surface area contributed by atoms with E-state index in [-0.39, 0.29) is 17.8 Å². The minimum absolute atomic E-state index is 0.0640. The second kappa shape index (κ2) is 9.71. The van der Waals surface area contributed by atoms with Gasteiger partial charge in [0.1, 0.15) is 5.82 Å². The number of nitrogens with one attached hydrogen (secondary N) is 1. The van der Waals surface area contributed by atoms with E-state index in [4.69, 9.17) is 21.1 Å². The van der Waals surface area contributed by atoms with Gasteiger partial charge in [-0.15, -0.1) is 0 Å². The van der Waals surface area contributed by atoms with Crippen LogP contribution in [0, 0.1) is 5.82 Å². The highest BCUT2D eigenvalue weighted by Gasteiger charge is 2.35. The number of hydrogen-bond donors (Lipinski definition) is 1. The predicted octanol–water partition coefficient (Wildman–Crippen LogP) is 3.49. The lowest BCUT2D eigenvalue weighted by Gasteiger charge is -2.41. The number of carbonyl (C=O) groups is 1. The van der Waals surface area contributed by atoms with Gasteiger partial charge in [-0.2, -0.15) is 0 Å². The summed E-state index contributed by atoms with van der Waals surface area (Å²) in [6.07, 6.45) is 1.86. The van der Waals surface area contributed by atoms with E-state index < -0.39 is 6.29 Å². The molecule has 1 amide bonds. The van der Waals surface area contributed by atoms with Crippen LogP contribution >= 0.6 is 11.6 Å². The lowest BCUT2D eigenvalue weighted by atomic mass is 10.0. The fourth-order valence-electron chi connectivity index (χ4n) is 3.87. The van der Waals surface area contributed by atoms with Crippen LogP contribution in [0.3, 0.4) is 0 Å².